The molecule has 0 saturated carbocycles. The molecule has 166 valence electrons. The number of aryl methyl sites for hydroxylation is 2. The lowest BCUT2D eigenvalue weighted by Gasteiger charge is -2.35. The number of nitrogens with zero attached hydrogens (tertiary/aromatic N) is 5. The fraction of sp³-hybridized carbons (Fsp3) is 0.333. The summed E-state index contributed by atoms with van der Waals surface area (Å²) < 4.78 is 6.98. The van der Waals surface area contributed by atoms with Crippen LogP contribution in [-0.4, -0.2) is 69.7 Å². The Morgan fingerprint density at radius 2 is 1.75 bits per heavy atom. The molecule has 1 aliphatic rings. The quantitative estimate of drug-likeness (QED) is 0.617. The van der Waals surface area contributed by atoms with E-state index in [1.54, 1.807) is 35.0 Å². The predicted octanol–water partition coefficient (Wildman–Crippen LogP) is 2.42. The minimum atomic E-state index is -0.0719. The lowest BCUT2D eigenvalue weighted by atomic mass is 10.1. The van der Waals surface area contributed by atoms with Gasteiger partial charge in [-0.3, -0.25) is 9.59 Å². The fourth-order valence-electron chi connectivity index (χ4n) is 3.91. The molecule has 3 heterocycles. The van der Waals surface area contributed by atoms with E-state index in [0.717, 1.165) is 22.7 Å². The van der Waals surface area contributed by atoms with Crippen molar-refractivity contribution in [3.8, 4) is 11.6 Å². The minimum Gasteiger partial charge on any atom is -0.497 e. The van der Waals surface area contributed by atoms with E-state index >= 15 is 0 Å². The number of carbonyl (C=O) groups is 2. The number of methoxy groups -OCH3 is 1. The highest BCUT2D eigenvalue weighted by Crippen LogP contribution is 2.16. The van der Waals surface area contributed by atoms with Crippen molar-refractivity contribution < 1.29 is 14.3 Å². The average molecular weight is 434 g/mol. The van der Waals surface area contributed by atoms with Crippen LogP contribution < -0.4 is 4.74 Å². The number of ether oxygens (including phenoxy) is 1. The molecule has 1 aromatic carbocycles. The predicted molar refractivity (Wildman–Crippen MR) is 120 cm³/mol. The molecular weight excluding hydrogens is 406 g/mol. The zero-order chi connectivity index (χ0) is 22.7. The third-order valence-corrected chi connectivity index (χ3v) is 5.63. The normalized spacial score (nSPS) is 13.8. The van der Waals surface area contributed by atoms with Crippen LogP contribution in [0, 0.1) is 13.8 Å². The van der Waals surface area contributed by atoms with Gasteiger partial charge in [0, 0.05) is 38.1 Å². The van der Waals surface area contributed by atoms with Gasteiger partial charge in [-0.15, -0.1) is 0 Å². The molecule has 1 fully saturated rings. The van der Waals surface area contributed by atoms with Crippen molar-refractivity contribution in [1.29, 1.82) is 0 Å². The lowest BCUT2D eigenvalue weighted by molar-refractivity contribution is -0.131. The van der Waals surface area contributed by atoms with E-state index in [4.69, 9.17) is 4.74 Å². The first kappa shape index (κ1) is 21.5. The van der Waals surface area contributed by atoms with Crippen molar-refractivity contribution in [3.63, 3.8) is 0 Å². The summed E-state index contributed by atoms with van der Waals surface area (Å²) in [5.41, 5.74) is 3.36. The zero-order valence-electron chi connectivity index (χ0n) is 18.6. The van der Waals surface area contributed by atoms with Crippen LogP contribution >= 0.6 is 0 Å². The van der Waals surface area contributed by atoms with Gasteiger partial charge < -0.3 is 14.5 Å². The van der Waals surface area contributed by atoms with Gasteiger partial charge in [0.2, 0.25) is 5.91 Å². The van der Waals surface area contributed by atoms with E-state index < -0.39 is 0 Å². The molecule has 1 aliphatic heterocycles. The van der Waals surface area contributed by atoms with E-state index in [1.165, 1.54) is 0 Å². The summed E-state index contributed by atoms with van der Waals surface area (Å²) in [6.45, 7) is 5.94. The minimum absolute atomic E-state index is 0.0567. The van der Waals surface area contributed by atoms with Crippen molar-refractivity contribution in [2.75, 3.05) is 33.3 Å². The SMILES string of the molecule is COc1cccc(CC(=O)N2CCN(C(=O)c3ccc(-n4nc(C)cc4C)nc3)CC2)c1. The van der Waals surface area contributed by atoms with E-state index in [9.17, 15) is 9.59 Å². The molecular formula is C24H27N5O3. The van der Waals surface area contributed by atoms with Gasteiger partial charge in [-0.1, -0.05) is 12.1 Å². The molecule has 0 aliphatic carbocycles. The van der Waals surface area contributed by atoms with E-state index in [-0.39, 0.29) is 11.8 Å². The van der Waals surface area contributed by atoms with Crippen LogP contribution in [0.2, 0.25) is 0 Å². The molecule has 1 saturated heterocycles. The lowest BCUT2D eigenvalue weighted by Crippen LogP contribution is -2.51. The smallest absolute Gasteiger partial charge is 0.255 e. The molecule has 0 unspecified atom stereocenters. The first-order valence-electron chi connectivity index (χ1n) is 10.6. The van der Waals surface area contributed by atoms with Gasteiger partial charge in [0.1, 0.15) is 5.75 Å². The van der Waals surface area contributed by atoms with E-state index in [1.807, 2.05) is 49.1 Å². The third kappa shape index (κ3) is 4.64. The van der Waals surface area contributed by atoms with Crippen LogP contribution in [0.5, 0.6) is 5.75 Å². The summed E-state index contributed by atoms with van der Waals surface area (Å²) >= 11 is 0. The second-order valence-electron chi connectivity index (χ2n) is 7.95. The summed E-state index contributed by atoms with van der Waals surface area (Å²) in [6, 6.07) is 13.1. The number of hydrogen-bond donors (Lipinski definition) is 0. The molecule has 32 heavy (non-hydrogen) atoms. The molecule has 0 N–H and O–H groups in total. The number of aromatic nitrogens is 3. The maximum atomic E-state index is 12.9. The first-order chi connectivity index (χ1) is 15.4. The zero-order valence-corrected chi connectivity index (χ0v) is 18.6. The van der Waals surface area contributed by atoms with Crippen molar-refractivity contribution in [3.05, 3.63) is 71.2 Å². The molecule has 0 atom stereocenters. The number of piperazine rings is 1. The average Bonchev–Trinajstić information content (AvgIpc) is 3.16. The summed E-state index contributed by atoms with van der Waals surface area (Å²) in [5.74, 6) is 1.40. The number of carbonyl (C=O) groups excluding carboxylic acids is 2. The van der Waals surface area contributed by atoms with Crippen LogP contribution in [-0.2, 0) is 11.2 Å². The summed E-state index contributed by atoms with van der Waals surface area (Å²) in [7, 11) is 1.61. The Labute approximate surface area is 187 Å². The van der Waals surface area contributed by atoms with Crippen LogP contribution in [0.4, 0.5) is 0 Å². The van der Waals surface area contributed by atoms with E-state index in [2.05, 4.69) is 10.1 Å². The van der Waals surface area contributed by atoms with Crippen molar-refractivity contribution in [1.82, 2.24) is 24.6 Å². The topological polar surface area (TPSA) is 80.6 Å². The summed E-state index contributed by atoms with van der Waals surface area (Å²) in [4.78, 5) is 33.6. The third-order valence-electron chi connectivity index (χ3n) is 5.63. The standard InChI is InChI=1S/C24H27N5O3/c1-17-13-18(2)29(26-17)22-8-7-20(16-25-22)24(31)28-11-9-27(10-12-28)23(30)15-19-5-4-6-21(14-19)32-3/h4-8,13-14,16H,9-12,15H2,1-3H3. The molecule has 2 aromatic heterocycles. The Kier molecular flexibility index (Phi) is 6.20. The Morgan fingerprint density at radius 1 is 1.00 bits per heavy atom. The van der Waals surface area contributed by atoms with E-state index in [0.29, 0.717) is 44.0 Å². The highest BCUT2D eigenvalue weighted by molar-refractivity contribution is 5.94. The first-order valence-corrected chi connectivity index (χ1v) is 10.6. The highest BCUT2D eigenvalue weighted by atomic mass is 16.5. The maximum absolute atomic E-state index is 12.9. The Morgan fingerprint density at radius 3 is 2.38 bits per heavy atom. The van der Waals surface area contributed by atoms with Gasteiger partial charge in [-0.2, -0.15) is 5.10 Å². The van der Waals surface area contributed by atoms with Crippen LogP contribution in [0.25, 0.3) is 5.82 Å². The van der Waals surface area contributed by atoms with Crippen LogP contribution in [0.15, 0.2) is 48.7 Å². The number of rotatable bonds is 5. The highest BCUT2D eigenvalue weighted by Gasteiger charge is 2.25. The Balaban J connectivity index is 1.34. The number of hydrogen-bond acceptors (Lipinski definition) is 5. The molecule has 3 aromatic rings. The summed E-state index contributed by atoms with van der Waals surface area (Å²) in [5, 5.41) is 4.42. The molecule has 2 amide bonds. The van der Waals surface area contributed by atoms with Gasteiger partial charge in [0.05, 0.1) is 24.8 Å². The molecule has 8 heteroatoms. The van der Waals surface area contributed by atoms with Crippen molar-refractivity contribution in [2.45, 2.75) is 20.3 Å². The van der Waals surface area contributed by atoms with Crippen molar-refractivity contribution in [2.24, 2.45) is 0 Å². The fourth-order valence-corrected chi connectivity index (χ4v) is 3.91. The molecule has 0 radical (unpaired) electrons. The Hall–Kier alpha value is -3.68. The van der Waals surface area contributed by atoms with Gasteiger partial charge in [-0.25, -0.2) is 9.67 Å². The molecule has 0 spiro atoms. The largest absolute Gasteiger partial charge is 0.497 e. The number of benzene rings is 1. The van der Waals surface area contributed by atoms with Gasteiger partial charge in [0.25, 0.3) is 5.91 Å². The van der Waals surface area contributed by atoms with Gasteiger partial charge >= 0.3 is 0 Å². The number of pyridine rings is 1. The number of amides is 2. The maximum Gasteiger partial charge on any atom is 0.255 e. The second kappa shape index (κ2) is 9.21. The molecule has 4 rings (SSSR count). The monoisotopic (exact) mass is 433 g/mol. The second-order valence-corrected chi connectivity index (χ2v) is 7.95. The Bertz CT molecular complexity index is 1110. The van der Waals surface area contributed by atoms with Crippen LogP contribution in [0.3, 0.4) is 0 Å². The van der Waals surface area contributed by atoms with Gasteiger partial charge in [0.15, 0.2) is 5.82 Å². The summed E-state index contributed by atoms with van der Waals surface area (Å²) in [6.07, 6.45) is 1.91. The van der Waals surface area contributed by atoms with Crippen molar-refractivity contribution >= 4 is 11.8 Å². The molecule has 8 nitrogen and oxygen atoms in total. The molecule has 0 bridgehead atoms. The van der Waals surface area contributed by atoms with Gasteiger partial charge in [-0.05, 0) is 49.7 Å². The van der Waals surface area contributed by atoms with Crippen LogP contribution in [0.1, 0.15) is 27.3 Å².